The summed E-state index contributed by atoms with van der Waals surface area (Å²) in [5.74, 6) is 1.36. The molecule has 7 heteroatoms. The highest BCUT2D eigenvalue weighted by Crippen LogP contribution is 2.16. The first-order valence-corrected chi connectivity index (χ1v) is 7.80. The molecule has 0 amide bonds. The van der Waals surface area contributed by atoms with E-state index in [4.69, 9.17) is 4.74 Å². The molecule has 2 rings (SSSR count). The Morgan fingerprint density at radius 2 is 2.05 bits per heavy atom. The number of hydrogen-bond donors (Lipinski definition) is 2. The fourth-order valence-corrected chi connectivity index (χ4v) is 2.82. The predicted molar refractivity (Wildman–Crippen MR) is 89.4 cm³/mol. The Morgan fingerprint density at radius 1 is 1.27 bits per heavy atom. The van der Waals surface area contributed by atoms with Crippen molar-refractivity contribution in [3.8, 4) is 5.88 Å². The zero-order chi connectivity index (χ0) is 15.9. The van der Waals surface area contributed by atoms with Crippen LogP contribution in [0.2, 0.25) is 0 Å². The summed E-state index contributed by atoms with van der Waals surface area (Å²) in [6.07, 6.45) is 1.79. The van der Waals surface area contributed by atoms with Gasteiger partial charge in [-0.2, -0.15) is 0 Å². The summed E-state index contributed by atoms with van der Waals surface area (Å²) < 4.78 is 5.04. The van der Waals surface area contributed by atoms with Gasteiger partial charge < -0.3 is 15.4 Å². The van der Waals surface area contributed by atoms with Gasteiger partial charge in [-0.1, -0.05) is 6.07 Å². The van der Waals surface area contributed by atoms with Crippen molar-refractivity contribution in [1.82, 2.24) is 20.6 Å². The number of thiazole rings is 1. The monoisotopic (exact) mass is 319 g/mol. The summed E-state index contributed by atoms with van der Waals surface area (Å²) in [5.41, 5.74) is 2.14. The minimum Gasteiger partial charge on any atom is -0.481 e. The lowest BCUT2D eigenvalue weighted by atomic mass is 10.3. The molecule has 2 heterocycles. The molecule has 0 bridgehead atoms. The molecule has 6 nitrogen and oxygen atoms in total. The molecule has 0 atom stereocenters. The van der Waals surface area contributed by atoms with Gasteiger partial charge in [-0.05, 0) is 19.4 Å². The topological polar surface area (TPSA) is 71.4 Å². The van der Waals surface area contributed by atoms with Gasteiger partial charge in [0.2, 0.25) is 5.88 Å². The number of nitrogens with zero attached hydrogens (tertiary/aromatic N) is 3. The van der Waals surface area contributed by atoms with Crippen LogP contribution in [0, 0.1) is 13.8 Å². The van der Waals surface area contributed by atoms with Crippen molar-refractivity contribution >= 4 is 17.3 Å². The van der Waals surface area contributed by atoms with Crippen LogP contribution in [0.15, 0.2) is 23.3 Å². The van der Waals surface area contributed by atoms with Crippen molar-refractivity contribution in [2.45, 2.75) is 26.9 Å². The predicted octanol–water partition coefficient (Wildman–Crippen LogP) is 2.03. The van der Waals surface area contributed by atoms with Crippen molar-refractivity contribution < 1.29 is 4.74 Å². The quantitative estimate of drug-likeness (QED) is 0.652. The van der Waals surface area contributed by atoms with E-state index in [9.17, 15) is 0 Å². The highest BCUT2D eigenvalue weighted by molar-refractivity contribution is 7.11. The SMILES string of the molecule is CN=C(NCc1ccc(OC)nc1)NCc1sc(C)nc1C. The molecule has 0 aliphatic heterocycles. The third kappa shape index (κ3) is 4.42. The molecule has 2 aromatic heterocycles. The average Bonchev–Trinajstić information content (AvgIpc) is 2.86. The van der Waals surface area contributed by atoms with E-state index in [2.05, 4.69) is 25.6 Å². The lowest BCUT2D eigenvalue weighted by Crippen LogP contribution is -2.36. The lowest BCUT2D eigenvalue weighted by molar-refractivity contribution is 0.397. The third-order valence-corrected chi connectivity index (χ3v) is 4.18. The van der Waals surface area contributed by atoms with E-state index in [1.54, 1.807) is 31.7 Å². The number of rotatable bonds is 5. The van der Waals surface area contributed by atoms with Crippen LogP contribution < -0.4 is 15.4 Å². The normalized spacial score (nSPS) is 11.4. The third-order valence-electron chi connectivity index (χ3n) is 3.11. The highest BCUT2D eigenvalue weighted by atomic mass is 32.1. The summed E-state index contributed by atoms with van der Waals surface area (Å²) in [6, 6.07) is 3.82. The Balaban J connectivity index is 1.85. The first-order valence-electron chi connectivity index (χ1n) is 6.98. The molecule has 2 aromatic rings. The first kappa shape index (κ1) is 16.2. The Morgan fingerprint density at radius 3 is 2.59 bits per heavy atom. The van der Waals surface area contributed by atoms with Gasteiger partial charge in [-0.15, -0.1) is 11.3 Å². The summed E-state index contributed by atoms with van der Waals surface area (Å²) in [5, 5.41) is 7.64. The van der Waals surface area contributed by atoms with Crippen LogP contribution in [0.1, 0.15) is 21.1 Å². The molecule has 22 heavy (non-hydrogen) atoms. The Bertz CT molecular complexity index is 636. The van der Waals surface area contributed by atoms with Crippen LogP contribution in [0.3, 0.4) is 0 Å². The fraction of sp³-hybridized carbons (Fsp3) is 0.400. The van der Waals surface area contributed by atoms with Gasteiger partial charge in [0.05, 0.1) is 24.4 Å². The Kier molecular flexibility index (Phi) is 5.71. The summed E-state index contributed by atoms with van der Waals surface area (Å²) in [4.78, 5) is 14.1. The van der Waals surface area contributed by atoms with Gasteiger partial charge in [0.1, 0.15) is 0 Å². The summed E-state index contributed by atoms with van der Waals surface area (Å²) in [6.45, 7) is 5.42. The average molecular weight is 319 g/mol. The maximum absolute atomic E-state index is 5.04. The molecular formula is C15H21N5OS. The second-order valence-electron chi connectivity index (χ2n) is 4.73. The molecule has 0 saturated carbocycles. The Labute approximate surface area is 134 Å². The largest absolute Gasteiger partial charge is 0.481 e. The van der Waals surface area contributed by atoms with E-state index < -0.39 is 0 Å². The molecule has 0 aromatic carbocycles. The molecule has 0 saturated heterocycles. The van der Waals surface area contributed by atoms with Gasteiger partial charge in [-0.3, -0.25) is 4.99 Å². The summed E-state index contributed by atoms with van der Waals surface area (Å²) in [7, 11) is 3.36. The van der Waals surface area contributed by atoms with Crippen LogP contribution in [0.25, 0.3) is 0 Å². The minimum absolute atomic E-state index is 0.613. The first-order chi connectivity index (χ1) is 10.6. The molecule has 0 fully saturated rings. The van der Waals surface area contributed by atoms with E-state index in [1.165, 1.54) is 4.88 Å². The number of hydrogen-bond acceptors (Lipinski definition) is 5. The van der Waals surface area contributed by atoms with Crippen molar-refractivity contribution in [2.24, 2.45) is 4.99 Å². The number of pyridine rings is 1. The van der Waals surface area contributed by atoms with Gasteiger partial charge in [0.25, 0.3) is 0 Å². The van der Waals surface area contributed by atoms with Gasteiger partial charge >= 0.3 is 0 Å². The fourth-order valence-electron chi connectivity index (χ4n) is 1.94. The second kappa shape index (κ2) is 7.74. The Hall–Kier alpha value is -2.15. The lowest BCUT2D eigenvalue weighted by Gasteiger charge is -2.11. The maximum Gasteiger partial charge on any atom is 0.212 e. The van der Waals surface area contributed by atoms with Gasteiger partial charge in [0, 0.05) is 30.7 Å². The van der Waals surface area contributed by atoms with Crippen LogP contribution >= 0.6 is 11.3 Å². The molecule has 118 valence electrons. The molecule has 0 unspecified atom stereocenters. The number of aryl methyl sites for hydroxylation is 2. The number of guanidine groups is 1. The van der Waals surface area contributed by atoms with E-state index >= 15 is 0 Å². The maximum atomic E-state index is 5.04. The molecule has 2 N–H and O–H groups in total. The molecule has 0 radical (unpaired) electrons. The van der Waals surface area contributed by atoms with Crippen molar-refractivity contribution in [3.63, 3.8) is 0 Å². The van der Waals surface area contributed by atoms with Crippen molar-refractivity contribution in [2.75, 3.05) is 14.2 Å². The molecule has 0 aliphatic rings. The van der Waals surface area contributed by atoms with Crippen molar-refractivity contribution in [1.29, 1.82) is 0 Å². The molecular weight excluding hydrogens is 298 g/mol. The van der Waals surface area contributed by atoms with E-state index in [-0.39, 0.29) is 0 Å². The minimum atomic E-state index is 0.613. The van der Waals surface area contributed by atoms with E-state index in [0.717, 1.165) is 28.8 Å². The van der Waals surface area contributed by atoms with E-state index in [0.29, 0.717) is 12.4 Å². The number of aromatic nitrogens is 2. The van der Waals surface area contributed by atoms with Crippen LogP contribution in [0.4, 0.5) is 0 Å². The zero-order valence-corrected chi connectivity index (χ0v) is 14.1. The van der Waals surface area contributed by atoms with E-state index in [1.807, 2.05) is 26.0 Å². The van der Waals surface area contributed by atoms with Crippen molar-refractivity contribution in [3.05, 3.63) is 39.5 Å². The standard InChI is InChI=1S/C15H21N5OS/c1-10-13(22-11(2)20-10)9-19-15(16-3)18-8-12-5-6-14(21-4)17-7-12/h5-7H,8-9H2,1-4H3,(H2,16,18,19). The number of nitrogens with one attached hydrogen (secondary N) is 2. The second-order valence-corrected chi connectivity index (χ2v) is 6.02. The molecule has 0 aliphatic carbocycles. The van der Waals surface area contributed by atoms with Crippen LogP contribution in [0.5, 0.6) is 5.88 Å². The van der Waals surface area contributed by atoms with Crippen LogP contribution in [-0.4, -0.2) is 30.1 Å². The smallest absolute Gasteiger partial charge is 0.212 e. The zero-order valence-electron chi connectivity index (χ0n) is 13.3. The number of ether oxygens (including phenoxy) is 1. The van der Waals surface area contributed by atoms with Gasteiger partial charge in [-0.25, -0.2) is 9.97 Å². The van der Waals surface area contributed by atoms with Crippen LogP contribution in [-0.2, 0) is 13.1 Å². The van der Waals surface area contributed by atoms with Gasteiger partial charge in [0.15, 0.2) is 5.96 Å². The summed E-state index contributed by atoms with van der Waals surface area (Å²) >= 11 is 1.71. The highest BCUT2D eigenvalue weighted by Gasteiger charge is 2.06. The number of aliphatic imine (C=N–C) groups is 1. The number of methoxy groups -OCH3 is 1. The molecule has 0 spiro atoms.